The highest BCUT2D eigenvalue weighted by Gasteiger charge is 2.32. The van der Waals surface area contributed by atoms with Crippen LogP contribution in [-0.2, 0) is 17.6 Å². The molecule has 1 aromatic heterocycles. The predicted octanol–water partition coefficient (Wildman–Crippen LogP) is 5.16. The molecule has 0 fully saturated rings. The molecule has 1 atom stereocenters. The van der Waals surface area contributed by atoms with E-state index in [1.165, 1.54) is 17.3 Å². The summed E-state index contributed by atoms with van der Waals surface area (Å²) in [6, 6.07) is 13.4. The first kappa shape index (κ1) is 21.0. The Morgan fingerprint density at radius 1 is 1.17 bits per heavy atom. The average Bonchev–Trinajstić information content (AvgIpc) is 2.71. The van der Waals surface area contributed by atoms with Crippen molar-refractivity contribution in [1.82, 2.24) is 9.55 Å². The number of nitrogens with zero attached hydrogens (tertiary/aromatic N) is 2. The number of aryl methyl sites for hydroxylation is 1. The Bertz CT molecular complexity index is 1210. The minimum absolute atomic E-state index is 0.150. The number of fused-ring (bicyclic) bond motifs is 1. The number of thioether (sulfide) groups is 1. The molecule has 5 nitrogen and oxygen atoms in total. The zero-order valence-electron chi connectivity index (χ0n) is 16.4. The summed E-state index contributed by atoms with van der Waals surface area (Å²) in [7, 11) is 1.81. The van der Waals surface area contributed by atoms with E-state index in [2.05, 4.69) is 16.4 Å². The van der Waals surface area contributed by atoms with Crippen LogP contribution in [0.2, 0.25) is 10.0 Å². The van der Waals surface area contributed by atoms with Gasteiger partial charge >= 0.3 is 0 Å². The lowest BCUT2D eigenvalue weighted by molar-refractivity contribution is -0.116. The van der Waals surface area contributed by atoms with Gasteiger partial charge in [0.05, 0.1) is 15.6 Å². The van der Waals surface area contributed by atoms with Crippen molar-refractivity contribution in [3.05, 3.63) is 85.1 Å². The van der Waals surface area contributed by atoms with Gasteiger partial charge in [0.15, 0.2) is 5.16 Å². The van der Waals surface area contributed by atoms with Crippen LogP contribution >= 0.6 is 35.0 Å². The van der Waals surface area contributed by atoms with Gasteiger partial charge in [0.1, 0.15) is 5.82 Å². The smallest absolute Gasteiger partial charge is 0.279 e. The second kappa shape index (κ2) is 8.46. The summed E-state index contributed by atoms with van der Waals surface area (Å²) >= 11 is 13.7. The van der Waals surface area contributed by atoms with Crippen molar-refractivity contribution in [2.45, 2.75) is 30.2 Å². The third-order valence-corrected chi connectivity index (χ3v) is 6.94. The molecule has 0 radical (unpaired) electrons. The summed E-state index contributed by atoms with van der Waals surface area (Å²) in [5.41, 5.74) is 3.21. The van der Waals surface area contributed by atoms with Crippen molar-refractivity contribution in [3.63, 3.8) is 0 Å². The Balaban J connectivity index is 1.72. The van der Waals surface area contributed by atoms with Crippen molar-refractivity contribution in [3.8, 4) is 0 Å². The first-order chi connectivity index (χ1) is 14.3. The molecule has 30 heavy (non-hydrogen) atoms. The van der Waals surface area contributed by atoms with E-state index >= 15 is 0 Å². The van der Waals surface area contributed by atoms with Crippen LogP contribution in [0.1, 0.15) is 34.6 Å². The fourth-order valence-electron chi connectivity index (χ4n) is 3.63. The van der Waals surface area contributed by atoms with E-state index < -0.39 is 5.92 Å². The van der Waals surface area contributed by atoms with Crippen molar-refractivity contribution >= 4 is 46.7 Å². The van der Waals surface area contributed by atoms with Gasteiger partial charge in [0.2, 0.25) is 5.91 Å². The van der Waals surface area contributed by atoms with Crippen molar-refractivity contribution in [2.24, 2.45) is 7.05 Å². The Hall–Kier alpha value is -2.28. The Morgan fingerprint density at radius 3 is 2.70 bits per heavy atom. The molecule has 0 saturated heterocycles. The number of rotatable bonds is 4. The molecule has 1 unspecified atom stereocenters. The van der Waals surface area contributed by atoms with Gasteiger partial charge in [0, 0.05) is 25.1 Å². The maximum absolute atomic E-state index is 13.0. The molecule has 2 heterocycles. The van der Waals surface area contributed by atoms with Gasteiger partial charge in [-0.25, -0.2) is 0 Å². The van der Waals surface area contributed by atoms with Crippen LogP contribution < -0.4 is 10.9 Å². The summed E-state index contributed by atoms with van der Waals surface area (Å²) in [5.74, 6) is 0.569. The zero-order chi connectivity index (χ0) is 21.4. The number of hydrogen-bond acceptors (Lipinski definition) is 4. The van der Waals surface area contributed by atoms with Crippen molar-refractivity contribution in [1.29, 1.82) is 0 Å². The lowest BCUT2D eigenvalue weighted by Gasteiger charge is -2.27. The van der Waals surface area contributed by atoms with E-state index in [-0.39, 0.29) is 17.9 Å². The van der Waals surface area contributed by atoms with Crippen molar-refractivity contribution in [2.75, 3.05) is 5.32 Å². The van der Waals surface area contributed by atoms with Crippen LogP contribution in [0.5, 0.6) is 0 Å². The highest BCUT2D eigenvalue weighted by Crippen LogP contribution is 2.38. The molecule has 0 saturated carbocycles. The quantitative estimate of drug-likeness (QED) is 0.432. The van der Waals surface area contributed by atoms with Gasteiger partial charge in [-0.05, 0) is 30.2 Å². The number of aromatic nitrogens is 2. The first-order valence-electron chi connectivity index (χ1n) is 9.37. The van der Waals surface area contributed by atoms with Crippen LogP contribution in [0.4, 0.5) is 5.82 Å². The standard InChI is InChI=1S/C22H19Cl2N3O2S/c1-12-4-3-5-13(8-12)11-30-22-26-21(29)19-15(10-18(28)25-20(19)27(22)2)14-6-7-16(23)17(24)9-14/h3-9,15H,10-11H2,1-2H3,(H,25,28). The number of amides is 1. The van der Waals surface area contributed by atoms with Gasteiger partial charge in [-0.2, -0.15) is 4.98 Å². The molecule has 2 aromatic carbocycles. The number of hydrogen-bond donors (Lipinski definition) is 1. The second-order valence-electron chi connectivity index (χ2n) is 7.28. The Morgan fingerprint density at radius 2 is 1.97 bits per heavy atom. The highest BCUT2D eigenvalue weighted by molar-refractivity contribution is 7.98. The summed E-state index contributed by atoms with van der Waals surface area (Å²) in [4.78, 5) is 29.8. The molecule has 1 aliphatic heterocycles. The van der Waals surface area contributed by atoms with E-state index in [0.717, 1.165) is 11.1 Å². The number of anilines is 1. The van der Waals surface area contributed by atoms with E-state index in [1.54, 1.807) is 29.8 Å². The van der Waals surface area contributed by atoms with Crippen LogP contribution in [0.25, 0.3) is 0 Å². The molecular formula is C22H19Cl2N3O2S. The highest BCUT2D eigenvalue weighted by atomic mass is 35.5. The molecule has 3 aromatic rings. The Kier molecular flexibility index (Phi) is 5.91. The molecule has 1 N–H and O–H groups in total. The molecule has 0 spiro atoms. The molecule has 4 rings (SSSR count). The van der Waals surface area contributed by atoms with Gasteiger partial charge in [-0.3, -0.25) is 9.59 Å². The van der Waals surface area contributed by atoms with Gasteiger partial charge in [0.25, 0.3) is 5.56 Å². The maximum Gasteiger partial charge on any atom is 0.279 e. The summed E-state index contributed by atoms with van der Waals surface area (Å²) in [6.07, 6.45) is 0.150. The number of benzene rings is 2. The molecule has 0 bridgehead atoms. The largest absolute Gasteiger partial charge is 0.312 e. The van der Waals surface area contributed by atoms with Crippen LogP contribution in [0, 0.1) is 6.92 Å². The molecule has 1 aliphatic rings. The summed E-state index contributed by atoms with van der Waals surface area (Å²) in [5, 5.41) is 4.22. The minimum Gasteiger partial charge on any atom is -0.312 e. The third kappa shape index (κ3) is 4.13. The number of carbonyl (C=O) groups is 1. The first-order valence-corrected chi connectivity index (χ1v) is 11.1. The maximum atomic E-state index is 13.0. The summed E-state index contributed by atoms with van der Waals surface area (Å²) in [6.45, 7) is 2.04. The fraction of sp³-hybridized carbons (Fsp3) is 0.227. The topological polar surface area (TPSA) is 64.0 Å². The summed E-state index contributed by atoms with van der Waals surface area (Å²) < 4.78 is 1.78. The van der Waals surface area contributed by atoms with E-state index in [0.29, 0.717) is 32.3 Å². The van der Waals surface area contributed by atoms with Gasteiger partial charge in [-0.1, -0.05) is 70.9 Å². The lowest BCUT2D eigenvalue weighted by atomic mass is 9.87. The molecule has 154 valence electrons. The van der Waals surface area contributed by atoms with Gasteiger partial charge in [-0.15, -0.1) is 0 Å². The monoisotopic (exact) mass is 459 g/mol. The number of halogens is 2. The van der Waals surface area contributed by atoms with Crippen LogP contribution in [0.3, 0.4) is 0 Å². The van der Waals surface area contributed by atoms with Gasteiger partial charge < -0.3 is 9.88 Å². The fourth-order valence-corrected chi connectivity index (χ4v) is 4.84. The molecule has 1 amide bonds. The molecule has 0 aliphatic carbocycles. The number of carbonyl (C=O) groups excluding carboxylic acids is 1. The second-order valence-corrected chi connectivity index (χ2v) is 9.03. The van der Waals surface area contributed by atoms with Crippen molar-refractivity contribution < 1.29 is 4.79 Å². The van der Waals surface area contributed by atoms with E-state index in [9.17, 15) is 9.59 Å². The van der Waals surface area contributed by atoms with Crippen LogP contribution in [0.15, 0.2) is 52.4 Å². The minimum atomic E-state index is -0.425. The molecular weight excluding hydrogens is 441 g/mol. The average molecular weight is 460 g/mol. The zero-order valence-corrected chi connectivity index (χ0v) is 18.7. The Labute approximate surface area is 188 Å². The van der Waals surface area contributed by atoms with Crippen LogP contribution in [-0.4, -0.2) is 15.5 Å². The number of nitrogens with one attached hydrogen (secondary N) is 1. The normalized spacial score (nSPS) is 15.6. The predicted molar refractivity (Wildman–Crippen MR) is 122 cm³/mol. The SMILES string of the molecule is Cc1cccc(CSc2nc(=O)c3c(n2C)NC(=O)CC3c2ccc(Cl)c(Cl)c2)c1. The van der Waals surface area contributed by atoms with E-state index in [4.69, 9.17) is 23.2 Å². The lowest BCUT2D eigenvalue weighted by Crippen LogP contribution is -2.33. The third-order valence-electron chi connectivity index (χ3n) is 5.10. The molecule has 8 heteroatoms. The van der Waals surface area contributed by atoms with E-state index in [1.807, 2.05) is 25.1 Å².